The number of imidazole rings is 1. The summed E-state index contributed by atoms with van der Waals surface area (Å²) in [6.45, 7) is 2.27. The van der Waals surface area contributed by atoms with Gasteiger partial charge in [-0.15, -0.1) is 0 Å². The summed E-state index contributed by atoms with van der Waals surface area (Å²) in [6.07, 6.45) is -4.44. The Bertz CT molecular complexity index is 682. The lowest BCUT2D eigenvalue weighted by atomic mass is 10.3. The fourth-order valence-electron chi connectivity index (χ4n) is 2.36. The van der Waals surface area contributed by atoms with Gasteiger partial charge in [0.1, 0.15) is 19.0 Å². The number of hydrogen-bond acceptors (Lipinski definition) is 3. The molecule has 0 aliphatic carbocycles. The zero-order valence-corrected chi connectivity index (χ0v) is 12.9. The van der Waals surface area contributed by atoms with Gasteiger partial charge in [0.05, 0.1) is 17.1 Å². The first kappa shape index (κ1) is 17.3. The lowest BCUT2D eigenvalue weighted by molar-refractivity contribution is -0.175. The van der Waals surface area contributed by atoms with Gasteiger partial charge >= 0.3 is 6.18 Å². The topological polar surface area (TPSA) is 56.2 Å². The van der Waals surface area contributed by atoms with E-state index in [1.807, 2.05) is 35.8 Å². The molecule has 1 aromatic heterocycles. The average Bonchev–Trinajstić information content (AvgIpc) is 2.84. The molecule has 23 heavy (non-hydrogen) atoms. The van der Waals surface area contributed by atoms with Gasteiger partial charge in [-0.2, -0.15) is 13.2 Å². The molecule has 0 saturated heterocycles. The monoisotopic (exact) mass is 329 g/mol. The molecule has 1 atom stereocenters. The predicted octanol–water partition coefficient (Wildman–Crippen LogP) is 2.81. The van der Waals surface area contributed by atoms with E-state index in [0.29, 0.717) is 12.4 Å². The predicted molar refractivity (Wildman–Crippen MR) is 78.8 cm³/mol. The molecule has 0 aliphatic heterocycles. The van der Waals surface area contributed by atoms with E-state index in [-0.39, 0.29) is 0 Å². The van der Waals surface area contributed by atoms with Crippen molar-refractivity contribution in [2.24, 2.45) is 0 Å². The van der Waals surface area contributed by atoms with Gasteiger partial charge in [-0.3, -0.25) is 4.79 Å². The Labute approximate surface area is 131 Å². The molecule has 1 N–H and O–H groups in total. The summed E-state index contributed by atoms with van der Waals surface area (Å²) in [5.74, 6) is 0.0364. The summed E-state index contributed by atoms with van der Waals surface area (Å²) in [5.41, 5.74) is 1.75. The number of para-hydroxylation sites is 2. The van der Waals surface area contributed by atoms with Crippen molar-refractivity contribution in [3.8, 4) is 0 Å². The smallest absolute Gasteiger partial charge is 0.362 e. The fraction of sp³-hybridized carbons (Fsp3) is 0.467. The van der Waals surface area contributed by atoms with E-state index in [0.717, 1.165) is 11.0 Å². The normalized spacial score (nSPS) is 13.3. The van der Waals surface area contributed by atoms with Gasteiger partial charge in [-0.25, -0.2) is 4.98 Å². The van der Waals surface area contributed by atoms with Gasteiger partial charge in [0.15, 0.2) is 0 Å². The number of aryl methyl sites for hydroxylation is 1. The van der Waals surface area contributed by atoms with Crippen LogP contribution in [-0.4, -0.2) is 34.8 Å². The quantitative estimate of drug-likeness (QED) is 0.887. The van der Waals surface area contributed by atoms with Crippen LogP contribution in [0.5, 0.6) is 0 Å². The van der Waals surface area contributed by atoms with Crippen molar-refractivity contribution in [3.63, 3.8) is 0 Å². The molecule has 2 aromatic rings. The molecule has 1 aromatic carbocycles. The summed E-state index contributed by atoms with van der Waals surface area (Å²) in [6, 6.07) is 7.12. The van der Waals surface area contributed by atoms with Gasteiger partial charge < -0.3 is 14.6 Å². The minimum Gasteiger partial charge on any atom is -0.362 e. The first-order valence-electron chi connectivity index (χ1n) is 7.21. The zero-order chi connectivity index (χ0) is 17.0. The summed E-state index contributed by atoms with van der Waals surface area (Å²) in [4.78, 5) is 16.2. The third-order valence-electron chi connectivity index (χ3n) is 3.26. The maximum atomic E-state index is 12.0. The minimum atomic E-state index is -4.44. The Morgan fingerprint density at radius 3 is 2.74 bits per heavy atom. The van der Waals surface area contributed by atoms with E-state index in [1.54, 1.807) is 6.92 Å². The Balaban J connectivity index is 2.03. The first-order chi connectivity index (χ1) is 10.8. The van der Waals surface area contributed by atoms with Crippen molar-refractivity contribution in [2.75, 3.05) is 13.2 Å². The van der Waals surface area contributed by atoms with E-state index in [4.69, 9.17) is 0 Å². The number of carbonyl (C=O) groups is 1. The second kappa shape index (κ2) is 6.99. The third kappa shape index (κ3) is 4.44. The maximum Gasteiger partial charge on any atom is 0.411 e. The first-order valence-corrected chi connectivity index (χ1v) is 7.21. The van der Waals surface area contributed by atoms with E-state index in [1.165, 1.54) is 0 Å². The molecule has 0 fully saturated rings. The molecule has 126 valence electrons. The van der Waals surface area contributed by atoms with Crippen LogP contribution < -0.4 is 5.32 Å². The third-order valence-corrected chi connectivity index (χ3v) is 3.26. The van der Waals surface area contributed by atoms with Crippen LogP contribution in [0.3, 0.4) is 0 Å². The molecule has 0 spiro atoms. The number of hydrogen-bond donors (Lipinski definition) is 1. The number of amides is 1. The molecule has 0 unspecified atom stereocenters. The Morgan fingerprint density at radius 2 is 2.09 bits per heavy atom. The van der Waals surface area contributed by atoms with Crippen LogP contribution in [0.4, 0.5) is 13.2 Å². The molecular weight excluding hydrogens is 311 g/mol. The number of halogens is 3. The Hall–Kier alpha value is -2.09. The van der Waals surface area contributed by atoms with Gasteiger partial charge in [0.2, 0.25) is 5.91 Å². The van der Waals surface area contributed by atoms with Gasteiger partial charge in [-0.1, -0.05) is 12.1 Å². The number of benzene rings is 1. The molecular formula is C15H18F3N3O2. The van der Waals surface area contributed by atoms with Crippen LogP contribution in [0.2, 0.25) is 0 Å². The highest BCUT2D eigenvalue weighted by atomic mass is 19.4. The van der Waals surface area contributed by atoms with Crippen LogP contribution in [0.1, 0.15) is 25.7 Å². The van der Waals surface area contributed by atoms with Gasteiger partial charge in [-0.05, 0) is 26.0 Å². The molecule has 8 heteroatoms. The SMILES string of the molecule is CCn1c([C@H](C)NC(=O)COCC(F)(F)F)nc2ccccc21. The van der Waals surface area contributed by atoms with Gasteiger partial charge in [0.25, 0.3) is 0 Å². The van der Waals surface area contributed by atoms with Crippen molar-refractivity contribution >= 4 is 16.9 Å². The second-order valence-electron chi connectivity index (χ2n) is 5.10. The lowest BCUT2D eigenvalue weighted by Crippen LogP contribution is -2.33. The average molecular weight is 329 g/mol. The summed E-state index contributed by atoms with van der Waals surface area (Å²) < 4.78 is 42.2. The highest BCUT2D eigenvalue weighted by molar-refractivity contribution is 5.78. The largest absolute Gasteiger partial charge is 0.411 e. The van der Waals surface area contributed by atoms with E-state index in [9.17, 15) is 18.0 Å². The van der Waals surface area contributed by atoms with Gasteiger partial charge in [0, 0.05) is 6.54 Å². The number of rotatable bonds is 6. The summed E-state index contributed by atoms with van der Waals surface area (Å²) >= 11 is 0. The van der Waals surface area contributed by atoms with E-state index >= 15 is 0 Å². The number of carbonyl (C=O) groups excluding carboxylic acids is 1. The van der Waals surface area contributed by atoms with Crippen LogP contribution in [0, 0.1) is 0 Å². The fourth-order valence-corrected chi connectivity index (χ4v) is 2.36. The number of fused-ring (bicyclic) bond motifs is 1. The van der Waals surface area contributed by atoms with E-state index < -0.39 is 31.3 Å². The number of ether oxygens (including phenoxy) is 1. The number of nitrogens with zero attached hydrogens (tertiary/aromatic N) is 2. The molecule has 5 nitrogen and oxygen atoms in total. The molecule has 0 saturated carbocycles. The standard InChI is InChI=1S/C15H18F3N3O2/c1-3-21-12-7-5-4-6-11(12)20-14(21)10(2)19-13(22)8-23-9-15(16,17)18/h4-7,10H,3,8-9H2,1-2H3,(H,19,22)/t10-/m0/s1. The maximum absolute atomic E-state index is 12.0. The molecule has 0 aliphatic rings. The highest BCUT2D eigenvalue weighted by Crippen LogP contribution is 2.20. The second-order valence-corrected chi connectivity index (χ2v) is 5.10. The van der Waals surface area contributed by atoms with Crippen molar-refractivity contribution < 1.29 is 22.7 Å². The summed E-state index contributed by atoms with van der Waals surface area (Å²) in [5, 5.41) is 2.60. The van der Waals surface area contributed by atoms with Crippen LogP contribution in [0.25, 0.3) is 11.0 Å². The van der Waals surface area contributed by atoms with Crippen molar-refractivity contribution in [3.05, 3.63) is 30.1 Å². The number of alkyl halides is 3. The summed E-state index contributed by atoms with van der Waals surface area (Å²) in [7, 11) is 0. The van der Waals surface area contributed by atoms with Crippen molar-refractivity contribution in [2.45, 2.75) is 32.6 Å². The highest BCUT2D eigenvalue weighted by Gasteiger charge is 2.28. The lowest BCUT2D eigenvalue weighted by Gasteiger charge is -2.15. The van der Waals surface area contributed by atoms with Crippen LogP contribution in [-0.2, 0) is 16.1 Å². The van der Waals surface area contributed by atoms with E-state index in [2.05, 4.69) is 15.0 Å². The Morgan fingerprint density at radius 1 is 1.39 bits per heavy atom. The molecule has 0 radical (unpaired) electrons. The Kier molecular flexibility index (Phi) is 5.25. The zero-order valence-electron chi connectivity index (χ0n) is 12.9. The number of aromatic nitrogens is 2. The van der Waals surface area contributed by atoms with Crippen molar-refractivity contribution in [1.82, 2.24) is 14.9 Å². The van der Waals surface area contributed by atoms with Crippen molar-refractivity contribution in [1.29, 1.82) is 0 Å². The molecule has 1 heterocycles. The van der Waals surface area contributed by atoms with Crippen LogP contribution >= 0.6 is 0 Å². The van der Waals surface area contributed by atoms with Crippen LogP contribution in [0.15, 0.2) is 24.3 Å². The minimum absolute atomic E-state index is 0.440. The molecule has 2 rings (SSSR count). The molecule has 0 bridgehead atoms. The number of nitrogens with one attached hydrogen (secondary N) is 1. The molecule has 1 amide bonds.